The Kier molecular flexibility index (Phi) is 6.21. The van der Waals surface area contributed by atoms with Gasteiger partial charge in [0.25, 0.3) is 0 Å². The Bertz CT molecular complexity index is 250. The van der Waals surface area contributed by atoms with Gasteiger partial charge < -0.3 is 20.1 Å². The molecule has 0 radical (unpaired) electrons. The Morgan fingerprint density at radius 2 is 1.88 bits per heavy atom. The molecule has 0 aliphatic rings. The second-order valence-corrected chi connectivity index (χ2v) is 4.71. The maximum Gasteiger partial charge on any atom is 0.220 e. The molecule has 1 atom stereocenters. The lowest BCUT2D eigenvalue weighted by molar-refractivity contribution is -0.125. The highest BCUT2D eigenvalue weighted by Gasteiger charge is 2.21. The second-order valence-electron chi connectivity index (χ2n) is 4.71. The zero-order chi connectivity index (χ0) is 12.8. The smallest absolute Gasteiger partial charge is 0.220 e. The molecule has 0 aromatic rings. The highest BCUT2D eigenvalue weighted by molar-refractivity contribution is 5.83. The molecule has 0 heterocycles. The predicted octanol–water partition coefficient (Wildman–Crippen LogP) is -0.216. The third-order valence-corrected chi connectivity index (χ3v) is 2.03. The molecule has 1 unspecified atom stereocenters. The number of ketones is 1. The quantitative estimate of drug-likeness (QED) is 0.634. The highest BCUT2D eigenvalue weighted by Crippen LogP contribution is 2.02. The van der Waals surface area contributed by atoms with Crippen LogP contribution in [0.3, 0.4) is 0 Å². The van der Waals surface area contributed by atoms with Gasteiger partial charge in [0.2, 0.25) is 5.91 Å². The predicted molar refractivity (Wildman–Crippen MR) is 62.1 cm³/mol. The number of carbonyl (C=O) groups excluding carboxylic acids is 2. The maximum atomic E-state index is 11.3. The molecule has 0 saturated heterocycles. The molecule has 0 aliphatic heterocycles. The van der Waals surface area contributed by atoms with E-state index in [0.29, 0.717) is 6.54 Å². The summed E-state index contributed by atoms with van der Waals surface area (Å²) in [6, 6.07) is 0. The topological polar surface area (TPSA) is 69.6 Å². The van der Waals surface area contributed by atoms with Crippen LogP contribution >= 0.6 is 0 Å². The number of hydrogen-bond acceptors (Lipinski definition) is 4. The van der Waals surface area contributed by atoms with Crippen molar-refractivity contribution in [3.05, 3.63) is 0 Å². The number of hydrogen-bond donors (Lipinski definition) is 2. The molecule has 0 bridgehead atoms. The molecule has 16 heavy (non-hydrogen) atoms. The third-order valence-electron chi connectivity index (χ3n) is 2.03. The van der Waals surface area contributed by atoms with E-state index in [1.165, 1.54) is 6.92 Å². The zero-order valence-corrected chi connectivity index (χ0v) is 10.5. The van der Waals surface area contributed by atoms with Gasteiger partial charge in [-0.15, -0.1) is 0 Å². The number of amides is 1. The number of nitrogens with zero attached hydrogens (tertiary/aromatic N) is 1. The Balaban J connectivity index is 3.85. The van der Waals surface area contributed by atoms with E-state index in [1.807, 2.05) is 19.0 Å². The van der Waals surface area contributed by atoms with Gasteiger partial charge in [0.05, 0.1) is 5.60 Å². The Labute approximate surface area is 96.8 Å². The minimum Gasteiger partial charge on any atom is -0.387 e. The van der Waals surface area contributed by atoms with Gasteiger partial charge in [-0.05, 0) is 27.9 Å². The van der Waals surface area contributed by atoms with Gasteiger partial charge in [-0.2, -0.15) is 0 Å². The summed E-state index contributed by atoms with van der Waals surface area (Å²) in [6.07, 6.45) is 0.440. The molecule has 5 nitrogen and oxygen atoms in total. The normalized spacial score (nSPS) is 14.6. The molecule has 94 valence electrons. The highest BCUT2D eigenvalue weighted by atomic mass is 16.3. The van der Waals surface area contributed by atoms with Gasteiger partial charge in [0, 0.05) is 25.9 Å². The molecule has 0 spiro atoms. The summed E-state index contributed by atoms with van der Waals surface area (Å²) < 4.78 is 0. The molecule has 0 fully saturated rings. The molecule has 5 heteroatoms. The first kappa shape index (κ1) is 15.1. The summed E-state index contributed by atoms with van der Waals surface area (Å²) in [5, 5.41) is 12.5. The standard InChI is InChI=1S/C11H22N2O3/c1-9(14)5-6-10(15)12-7-11(2,16)8-13(3)4/h16H,5-8H2,1-4H3,(H,12,15). The Morgan fingerprint density at radius 3 is 2.31 bits per heavy atom. The molecular formula is C11H22N2O3. The number of aliphatic hydroxyl groups is 1. The van der Waals surface area contributed by atoms with Crippen LogP contribution in [0.15, 0.2) is 0 Å². The number of likely N-dealkylation sites (N-methyl/N-ethyl adjacent to an activating group) is 1. The van der Waals surface area contributed by atoms with E-state index in [9.17, 15) is 14.7 Å². The van der Waals surface area contributed by atoms with Crippen LogP contribution in [0.25, 0.3) is 0 Å². The minimum atomic E-state index is -0.949. The average molecular weight is 230 g/mol. The van der Waals surface area contributed by atoms with Gasteiger partial charge >= 0.3 is 0 Å². The zero-order valence-electron chi connectivity index (χ0n) is 10.5. The van der Waals surface area contributed by atoms with Gasteiger partial charge in [-0.25, -0.2) is 0 Å². The minimum absolute atomic E-state index is 0.00444. The molecule has 0 aliphatic carbocycles. The van der Waals surface area contributed by atoms with Crippen molar-refractivity contribution in [2.75, 3.05) is 27.2 Å². The summed E-state index contributed by atoms with van der Waals surface area (Å²) in [4.78, 5) is 23.8. The number of Topliss-reactive ketones (excluding diaryl/α,β-unsaturated/α-hetero) is 1. The molecular weight excluding hydrogens is 208 g/mol. The fourth-order valence-electron chi connectivity index (χ4n) is 1.40. The van der Waals surface area contributed by atoms with Crippen LogP contribution in [-0.2, 0) is 9.59 Å². The largest absolute Gasteiger partial charge is 0.387 e. The Hall–Kier alpha value is -0.940. The van der Waals surface area contributed by atoms with Crippen molar-refractivity contribution in [2.24, 2.45) is 0 Å². The maximum absolute atomic E-state index is 11.3. The van der Waals surface area contributed by atoms with E-state index in [0.717, 1.165) is 0 Å². The van der Waals surface area contributed by atoms with E-state index in [1.54, 1.807) is 6.92 Å². The third kappa shape index (κ3) is 8.38. The summed E-state index contributed by atoms with van der Waals surface area (Å²) in [5.41, 5.74) is -0.949. The van der Waals surface area contributed by atoms with Crippen LogP contribution in [0.1, 0.15) is 26.7 Å². The SMILES string of the molecule is CC(=O)CCC(=O)NCC(C)(O)CN(C)C. The lowest BCUT2D eigenvalue weighted by Crippen LogP contribution is -2.47. The fourth-order valence-corrected chi connectivity index (χ4v) is 1.40. The van der Waals surface area contributed by atoms with Crippen molar-refractivity contribution in [2.45, 2.75) is 32.3 Å². The van der Waals surface area contributed by atoms with Gasteiger partial charge in [0.15, 0.2) is 0 Å². The van der Waals surface area contributed by atoms with Crippen molar-refractivity contribution >= 4 is 11.7 Å². The van der Waals surface area contributed by atoms with Crippen molar-refractivity contribution < 1.29 is 14.7 Å². The van der Waals surface area contributed by atoms with Crippen LogP contribution in [0.4, 0.5) is 0 Å². The van der Waals surface area contributed by atoms with Crippen LogP contribution in [0.5, 0.6) is 0 Å². The first-order valence-electron chi connectivity index (χ1n) is 5.36. The molecule has 1 amide bonds. The summed E-state index contributed by atoms with van der Waals surface area (Å²) >= 11 is 0. The lowest BCUT2D eigenvalue weighted by atomic mass is 10.1. The first-order chi connectivity index (χ1) is 7.23. The van der Waals surface area contributed by atoms with E-state index < -0.39 is 5.60 Å². The van der Waals surface area contributed by atoms with Crippen LogP contribution < -0.4 is 5.32 Å². The van der Waals surface area contributed by atoms with E-state index >= 15 is 0 Å². The number of carbonyl (C=O) groups is 2. The first-order valence-corrected chi connectivity index (χ1v) is 5.36. The summed E-state index contributed by atoms with van der Waals surface area (Å²) in [5.74, 6) is -0.204. The van der Waals surface area contributed by atoms with Crippen LogP contribution in [-0.4, -0.2) is 54.5 Å². The van der Waals surface area contributed by atoms with E-state index in [4.69, 9.17) is 0 Å². The molecule has 2 N–H and O–H groups in total. The van der Waals surface area contributed by atoms with Crippen molar-refractivity contribution in [3.8, 4) is 0 Å². The van der Waals surface area contributed by atoms with Gasteiger partial charge in [-0.3, -0.25) is 4.79 Å². The van der Waals surface area contributed by atoms with Crippen molar-refractivity contribution in [1.82, 2.24) is 10.2 Å². The van der Waals surface area contributed by atoms with Crippen LogP contribution in [0.2, 0.25) is 0 Å². The van der Waals surface area contributed by atoms with Gasteiger partial charge in [-0.1, -0.05) is 0 Å². The molecule has 0 aromatic carbocycles. The number of nitrogens with one attached hydrogen (secondary N) is 1. The van der Waals surface area contributed by atoms with Crippen LogP contribution in [0, 0.1) is 0 Å². The molecule has 0 rings (SSSR count). The fraction of sp³-hybridized carbons (Fsp3) is 0.818. The molecule has 0 aromatic heterocycles. The van der Waals surface area contributed by atoms with Crippen molar-refractivity contribution in [1.29, 1.82) is 0 Å². The van der Waals surface area contributed by atoms with E-state index in [-0.39, 0.29) is 31.1 Å². The molecule has 0 saturated carbocycles. The summed E-state index contributed by atoms with van der Waals surface area (Å²) in [7, 11) is 3.71. The second kappa shape index (κ2) is 6.60. The Morgan fingerprint density at radius 1 is 1.31 bits per heavy atom. The van der Waals surface area contributed by atoms with Crippen molar-refractivity contribution in [3.63, 3.8) is 0 Å². The average Bonchev–Trinajstić information content (AvgIpc) is 2.09. The lowest BCUT2D eigenvalue weighted by Gasteiger charge is -2.27. The summed E-state index contributed by atoms with van der Waals surface area (Å²) in [6.45, 7) is 3.79. The van der Waals surface area contributed by atoms with Gasteiger partial charge in [0.1, 0.15) is 5.78 Å². The monoisotopic (exact) mass is 230 g/mol. The van der Waals surface area contributed by atoms with E-state index in [2.05, 4.69) is 5.32 Å². The number of rotatable bonds is 7.